The highest BCUT2D eigenvalue weighted by Crippen LogP contribution is 2.36. The molecule has 2 aliphatic heterocycles. The number of hydrogen-bond acceptors (Lipinski definition) is 3. The van der Waals surface area contributed by atoms with Gasteiger partial charge in [-0.25, -0.2) is 8.42 Å². The van der Waals surface area contributed by atoms with Crippen LogP contribution in [-0.4, -0.2) is 42.6 Å². The maximum atomic E-state index is 13.1. The number of hydrogen-bond donors (Lipinski definition) is 0. The Morgan fingerprint density at radius 3 is 2.52 bits per heavy atom. The van der Waals surface area contributed by atoms with Crippen LogP contribution < -0.4 is 0 Å². The van der Waals surface area contributed by atoms with Crippen molar-refractivity contribution in [3.63, 3.8) is 0 Å². The van der Waals surface area contributed by atoms with Crippen molar-refractivity contribution in [1.82, 2.24) is 8.87 Å². The Hall–Kier alpha value is -1.37. The fourth-order valence-electron chi connectivity index (χ4n) is 3.61. The van der Waals surface area contributed by atoms with E-state index in [0.29, 0.717) is 18.1 Å². The molecule has 0 N–H and O–H groups in total. The first-order valence-electron chi connectivity index (χ1n) is 7.24. The standard InChI is InChI=1S/C15H18N2O3S/c1-16-8-15(13-4-2-3-5-14(13)16)21(18,19)17-11-6-7-12(17)10-20-9-11/h2-5,8,11-12H,6-7,9-10H2,1H3. The second kappa shape index (κ2) is 4.56. The average molecular weight is 306 g/mol. The van der Waals surface area contributed by atoms with E-state index < -0.39 is 10.0 Å². The number of rotatable bonds is 2. The van der Waals surface area contributed by atoms with Crippen molar-refractivity contribution in [2.45, 2.75) is 29.8 Å². The van der Waals surface area contributed by atoms with E-state index in [0.717, 1.165) is 23.7 Å². The van der Waals surface area contributed by atoms with E-state index >= 15 is 0 Å². The maximum absolute atomic E-state index is 13.1. The molecule has 0 radical (unpaired) electrons. The van der Waals surface area contributed by atoms with Crippen LogP contribution in [0.4, 0.5) is 0 Å². The van der Waals surface area contributed by atoms with E-state index in [-0.39, 0.29) is 12.1 Å². The molecule has 2 aromatic rings. The second-order valence-electron chi connectivity index (χ2n) is 5.88. The lowest BCUT2D eigenvalue weighted by molar-refractivity contribution is 0.0269. The summed E-state index contributed by atoms with van der Waals surface area (Å²) in [5.41, 5.74) is 0.941. The quantitative estimate of drug-likeness (QED) is 0.849. The monoisotopic (exact) mass is 306 g/mol. The zero-order chi connectivity index (χ0) is 14.6. The number of aryl methyl sites for hydroxylation is 1. The number of nitrogens with zero attached hydrogens (tertiary/aromatic N) is 2. The first-order chi connectivity index (χ1) is 10.1. The molecule has 1 aromatic carbocycles. The van der Waals surface area contributed by atoms with Crippen molar-refractivity contribution in [2.24, 2.45) is 7.05 Å². The van der Waals surface area contributed by atoms with Crippen molar-refractivity contribution >= 4 is 20.9 Å². The third-order valence-electron chi connectivity index (χ3n) is 4.59. The highest BCUT2D eigenvalue weighted by Gasteiger charge is 2.45. The number of aromatic nitrogens is 1. The van der Waals surface area contributed by atoms with Gasteiger partial charge in [-0.3, -0.25) is 0 Å². The fourth-order valence-corrected chi connectivity index (χ4v) is 5.69. The minimum atomic E-state index is -3.47. The molecule has 112 valence electrons. The molecule has 5 nitrogen and oxygen atoms in total. The first-order valence-corrected chi connectivity index (χ1v) is 8.68. The van der Waals surface area contributed by atoms with Gasteiger partial charge in [-0.05, 0) is 18.9 Å². The van der Waals surface area contributed by atoms with Crippen molar-refractivity contribution in [2.75, 3.05) is 13.2 Å². The molecule has 0 aliphatic carbocycles. The molecule has 3 heterocycles. The molecular weight excluding hydrogens is 288 g/mol. The molecule has 0 amide bonds. The van der Waals surface area contributed by atoms with Gasteiger partial charge in [-0.1, -0.05) is 18.2 Å². The molecule has 2 atom stereocenters. The molecule has 2 bridgehead atoms. The van der Waals surface area contributed by atoms with Gasteiger partial charge in [0.15, 0.2) is 0 Å². The van der Waals surface area contributed by atoms with Crippen LogP contribution in [0.5, 0.6) is 0 Å². The van der Waals surface area contributed by atoms with E-state index in [2.05, 4.69) is 0 Å². The van der Waals surface area contributed by atoms with Crippen molar-refractivity contribution in [3.8, 4) is 0 Å². The fraction of sp³-hybridized carbons (Fsp3) is 0.467. The SMILES string of the molecule is Cn1cc(S(=O)(=O)N2C3CCC2COC3)c2ccccc21. The Morgan fingerprint density at radius 2 is 1.81 bits per heavy atom. The highest BCUT2D eigenvalue weighted by molar-refractivity contribution is 7.89. The van der Waals surface area contributed by atoms with Crippen LogP contribution in [0.3, 0.4) is 0 Å². The Morgan fingerprint density at radius 1 is 1.14 bits per heavy atom. The Balaban J connectivity index is 1.88. The summed E-state index contributed by atoms with van der Waals surface area (Å²) in [6.07, 6.45) is 3.53. The van der Waals surface area contributed by atoms with Gasteiger partial charge >= 0.3 is 0 Å². The predicted octanol–water partition coefficient (Wildman–Crippen LogP) is 1.73. The molecule has 2 fully saturated rings. The van der Waals surface area contributed by atoms with Gasteiger partial charge in [0.05, 0.1) is 13.2 Å². The minimum Gasteiger partial charge on any atom is -0.378 e. The van der Waals surface area contributed by atoms with E-state index in [1.54, 1.807) is 10.5 Å². The van der Waals surface area contributed by atoms with Gasteiger partial charge in [0.1, 0.15) is 4.90 Å². The summed E-state index contributed by atoms with van der Waals surface area (Å²) in [5.74, 6) is 0. The summed E-state index contributed by atoms with van der Waals surface area (Å²) in [4.78, 5) is 0.416. The maximum Gasteiger partial charge on any atom is 0.245 e. The zero-order valence-electron chi connectivity index (χ0n) is 11.9. The Bertz CT molecular complexity index is 780. The predicted molar refractivity (Wildman–Crippen MR) is 79.6 cm³/mol. The van der Waals surface area contributed by atoms with Crippen LogP contribution in [0.2, 0.25) is 0 Å². The first kappa shape index (κ1) is 13.3. The summed E-state index contributed by atoms with van der Waals surface area (Å²) >= 11 is 0. The van der Waals surface area contributed by atoms with Crippen molar-refractivity contribution in [3.05, 3.63) is 30.5 Å². The summed E-state index contributed by atoms with van der Waals surface area (Å²) in [6, 6.07) is 7.62. The summed E-state index contributed by atoms with van der Waals surface area (Å²) in [6.45, 7) is 1.03. The molecule has 6 heteroatoms. The number of fused-ring (bicyclic) bond motifs is 3. The molecule has 0 saturated carbocycles. The van der Waals surface area contributed by atoms with E-state index in [4.69, 9.17) is 4.74 Å². The average Bonchev–Trinajstić information content (AvgIpc) is 2.96. The molecule has 0 spiro atoms. The number of morpholine rings is 1. The normalized spacial score (nSPS) is 26.5. The van der Waals surface area contributed by atoms with Crippen molar-refractivity contribution < 1.29 is 13.2 Å². The van der Waals surface area contributed by atoms with E-state index in [9.17, 15) is 8.42 Å². The van der Waals surface area contributed by atoms with Gasteiger partial charge in [0.25, 0.3) is 0 Å². The molecular formula is C15H18N2O3S. The van der Waals surface area contributed by atoms with Gasteiger partial charge in [-0.2, -0.15) is 4.31 Å². The van der Waals surface area contributed by atoms with Crippen LogP contribution in [0, 0.1) is 0 Å². The number of sulfonamides is 1. The second-order valence-corrected chi connectivity index (χ2v) is 7.69. The third-order valence-corrected chi connectivity index (χ3v) is 6.62. The zero-order valence-corrected chi connectivity index (χ0v) is 12.7. The lowest BCUT2D eigenvalue weighted by Gasteiger charge is -2.33. The highest BCUT2D eigenvalue weighted by atomic mass is 32.2. The Kier molecular flexibility index (Phi) is 2.89. The topological polar surface area (TPSA) is 51.5 Å². The van der Waals surface area contributed by atoms with Gasteiger partial charge in [-0.15, -0.1) is 0 Å². The molecule has 2 saturated heterocycles. The van der Waals surface area contributed by atoms with E-state index in [1.165, 1.54) is 0 Å². The molecule has 1 aromatic heterocycles. The Labute approximate surface area is 124 Å². The van der Waals surface area contributed by atoms with Crippen LogP contribution in [0.15, 0.2) is 35.4 Å². The summed E-state index contributed by atoms with van der Waals surface area (Å²) in [7, 11) is -1.59. The third kappa shape index (κ3) is 1.86. The largest absolute Gasteiger partial charge is 0.378 e. The number of ether oxygens (including phenoxy) is 1. The molecule has 2 unspecified atom stereocenters. The summed E-state index contributed by atoms with van der Waals surface area (Å²) < 4.78 is 35.3. The van der Waals surface area contributed by atoms with Crippen LogP contribution in [-0.2, 0) is 21.8 Å². The van der Waals surface area contributed by atoms with E-state index in [1.807, 2.05) is 35.9 Å². The minimum absolute atomic E-state index is 0.00674. The van der Waals surface area contributed by atoms with Crippen LogP contribution >= 0.6 is 0 Å². The lowest BCUT2D eigenvalue weighted by Crippen LogP contribution is -2.48. The molecule has 21 heavy (non-hydrogen) atoms. The number of para-hydroxylation sites is 1. The van der Waals surface area contributed by atoms with Crippen molar-refractivity contribution in [1.29, 1.82) is 0 Å². The molecule has 4 rings (SSSR count). The molecule has 2 aliphatic rings. The summed E-state index contributed by atoms with van der Waals surface area (Å²) in [5, 5.41) is 0.797. The van der Waals surface area contributed by atoms with Gasteiger partial charge in [0, 0.05) is 36.2 Å². The smallest absolute Gasteiger partial charge is 0.245 e. The van der Waals surface area contributed by atoms with Crippen LogP contribution in [0.25, 0.3) is 10.9 Å². The van der Waals surface area contributed by atoms with Crippen LogP contribution in [0.1, 0.15) is 12.8 Å². The number of benzene rings is 1. The van der Waals surface area contributed by atoms with Gasteiger partial charge in [0.2, 0.25) is 10.0 Å². The van der Waals surface area contributed by atoms with Gasteiger partial charge < -0.3 is 9.30 Å². The lowest BCUT2D eigenvalue weighted by atomic mass is 10.2.